The fourth-order valence-electron chi connectivity index (χ4n) is 1.79. The van der Waals surface area contributed by atoms with E-state index in [0.29, 0.717) is 17.9 Å². The monoisotopic (exact) mass is 322 g/mol. The van der Waals surface area contributed by atoms with Crippen molar-refractivity contribution in [1.29, 1.82) is 0 Å². The van der Waals surface area contributed by atoms with Crippen molar-refractivity contribution in [2.75, 3.05) is 6.61 Å². The smallest absolute Gasteiger partial charge is 0.341 e. The molecule has 5 heteroatoms. The van der Waals surface area contributed by atoms with Crippen LogP contribution in [0.1, 0.15) is 30.1 Å². The molecule has 0 aromatic heterocycles. The van der Waals surface area contributed by atoms with Gasteiger partial charge in [0.2, 0.25) is 0 Å². The van der Waals surface area contributed by atoms with Gasteiger partial charge < -0.3 is 9.47 Å². The van der Waals surface area contributed by atoms with Gasteiger partial charge in [0.25, 0.3) is 0 Å². The van der Waals surface area contributed by atoms with E-state index in [4.69, 9.17) is 21.1 Å². The van der Waals surface area contributed by atoms with Crippen LogP contribution in [0.5, 0.6) is 11.5 Å². The van der Waals surface area contributed by atoms with Crippen molar-refractivity contribution >= 4 is 17.6 Å². The number of carbonyl (C=O) groups is 1. The highest BCUT2D eigenvalue weighted by atomic mass is 35.5. The molecule has 22 heavy (non-hydrogen) atoms. The molecule has 0 aliphatic rings. The average molecular weight is 323 g/mol. The van der Waals surface area contributed by atoms with Crippen LogP contribution in [0.25, 0.3) is 0 Å². The second-order valence-corrected chi connectivity index (χ2v) is 5.07. The molecule has 0 aliphatic carbocycles. The third-order valence-electron chi connectivity index (χ3n) is 2.95. The molecule has 0 fully saturated rings. The summed E-state index contributed by atoms with van der Waals surface area (Å²) in [6, 6.07) is 10.5. The van der Waals surface area contributed by atoms with Gasteiger partial charge in [0.1, 0.15) is 22.9 Å². The van der Waals surface area contributed by atoms with Gasteiger partial charge in [0.05, 0.1) is 11.6 Å². The van der Waals surface area contributed by atoms with Crippen LogP contribution in [0.15, 0.2) is 42.5 Å². The quantitative estimate of drug-likeness (QED) is 0.539. The zero-order valence-corrected chi connectivity index (χ0v) is 12.9. The van der Waals surface area contributed by atoms with Crippen LogP contribution < -0.4 is 4.74 Å². The number of para-hydroxylation sites is 1. The number of hydrogen-bond acceptors (Lipinski definition) is 3. The van der Waals surface area contributed by atoms with Gasteiger partial charge in [-0.1, -0.05) is 37.1 Å². The lowest BCUT2D eigenvalue weighted by Gasteiger charge is -2.11. The minimum atomic E-state index is -0.456. The molecule has 2 rings (SSSR count). The Morgan fingerprint density at radius 2 is 1.95 bits per heavy atom. The van der Waals surface area contributed by atoms with Crippen molar-refractivity contribution in [1.82, 2.24) is 0 Å². The minimum absolute atomic E-state index is 0.133. The number of ether oxygens (including phenoxy) is 2. The maximum Gasteiger partial charge on any atom is 0.341 e. The highest BCUT2D eigenvalue weighted by molar-refractivity contribution is 6.32. The highest BCUT2D eigenvalue weighted by Gasteiger charge is 2.15. The van der Waals surface area contributed by atoms with E-state index in [1.165, 1.54) is 12.1 Å². The zero-order valence-electron chi connectivity index (χ0n) is 12.1. The van der Waals surface area contributed by atoms with E-state index in [2.05, 4.69) is 0 Å². The van der Waals surface area contributed by atoms with Crippen molar-refractivity contribution in [2.45, 2.75) is 19.8 Å². The molecule has 0 spiro atoms. The van der Waals surface area contributed by atoms with E-state index in [1.807, 2.05) is 6.92 Å². The summed E-state index contributed by atoms with van der Waals surface area (Å²) >= 11 is 5.93. The van der Waals surface area contributed by atoms with Gasteiger partial charge in [-0.2, -0.15) is 0 Å². The summed E-state index contributed by atoms with van der Waals surface area (Å²) in [5, 5.41) is 0.133. The number of hydrogen-bond donors (Lipinski definition) is 0. The van der Waals surface area contributed by atoms with Crippen LogP contribution >= 0.6 is 11.6 Å². The molecule has 0 aliphatic heterocycles. The Hall–Kier alpha value is -2.07. The molecule has 116 valence electrons. The molecule has 0 N–H and O–H groups in total. The first-order valence-corrected chi connectivity index (χ1v) is 7.38. The van der Waals surface area contributed by atoms with Gasteiger partial charge in [-0.05, 0) is 36.8 Å². The van der Waals surface area contributed by atoms with Gasteiger partial charge in [0.15, 0.2) is 0 Å². The molecule has 0 heterocycles. The fraction of sp³-hybridized carbons (Fsp3) is 0.235. The molecule has 3 nitrogen and oxygen atoms in total. The first kappa shape index (κ1) is 16.3. The van der Waals surface area contributed by atoms with Crippen LogP contribution in [0.4, 0.5) is 4.39 Å². The first-order chi connectivity index (χ1) is 10.6. The van der Waals surface area contributed by atoms with E-state index in [1.54, 1.807) is 24.3 Å². The van der Waals surface area contributed by atoms with Crippen LogP contribution in [0, 0.1) is 5.82 Å². The molecule has 0 unspecified atom stereocenters. The SMILES string of the molecule is CCCCOC(=O)c1ccccc1Oc1ccc(F)cc1Cl. The number of rotatable bonds is 6. The van der Waals surface area contributed by atoms with Crippen LogP contribution in [0.3, 0.4) is 0 Å². The maximum atomic E-state index is 13.1. The Balaban J connectivity index is 2.19. The van der Waals surface area contributed by atoms with E-state index < -0.39 is 11.8 Å². The molecule has 0 saturated heterocycles. The van der Waals surface area contributed by atoms with Crippen LogP contribution in [0.2, 0.25) is 5.02 Å². The highest BCUT2D eigenvalue weighted by Crippen LogP contribution is 2.31. The van der Waals surface area contributed by atoms with Gasteiger partial charge in [-0.25, -0.2) is 9.18 Å². The predicted octanol–water partition coefficient (Wildman–Crippen LogP) is 5.23. The van der Waals surface area contributed by atoms with E-state index in [9.17, 15) is 9.18 Å². The van der Waals surface area contributed by atoms with Crippen LogP contribution in [-0.4, -0.2) is 12.6 Å². The Kier molecular flexibility index (Phi) is 5.78. The van der Waals surface area contributed by atoms with Crippen molar-refractivity contribution < 1.29 is 18.7 Å². The number of unbranched alkanes of at least 4 members (excludes halogenated alkanes) is 1. The summed E-state index contributed by atoms with van der Waals surface area (Å²) in [7, 11) is 0. The number of halogens is 2. The summed E-state index contributed by atoms with van der Waals surface area (Å²) in [5.74, 6) is -0.318. The van der Waals surface area contributed by atoms with Crippen molar-refractivity contribution in [2.24, 2.45) is 0 Å². The third kappa shape index (κ3) is 4.21. The Morgan fingerprint density at radius 1 is 1.18 bits per heavy atom. The van der Waals surface area contributed by atoms with E-state index in [0.717, 1.165) is 18.9 Å². The summed E-state index contributed by atoms with van der Waals surface area (Å²) in [6.45, 7) is 2.38. The van der Waals surface area contributed by atoms with E-state index >= 15 is 0 Å². The van der Waals surface area contributed by atoms with Gasteiger partial charge in [0, 0.05) is 0 Å². The predicted molar refractivity (Wildman–Crippen MR) is 83.1 cm³/mol. The lowest BCUT2D eigenvalue weighted by atomic mass is 10.2. The molecule has 0 saturated carbocycles. The Morgan fingerprint density at radius 3 is 2.68 bits per heavy atom. The number of carbonyl (C=O) groups excluding carboxylic acids is 1. The first-order valence-electron chi connectivity index (χ1n) is 7.01. The molecule has 0 atom stereocenters. The maximum absolute atomic E-state index is 13.1. The summed E-state index contributed by atoms with van der Waals surface area (Å²) < 4.78 is 23.9. The van der Waals surface area contributed by atoms with Gasteiger partial charge in [-0.3, -0.25) is 0 Å². The second-order valence-electron chi connectivity index (χ2n) is 4.66. The number of esters is 1. The minimum Gasteiger partial charge on any atom is -0.462 e. The van der Waals surface area contributed by atoms with Gasteiger partial charge in [-0.15, -0.1) is 0 Å². The number of benzene rings is 2. The van der Waals surface area contributed by atoms with Crippen LogP contribution in [-0.2, 0) is 4.74 Å². The van der Waals surface area contributed by atoms with Gasteiger partial charge >= 0.3 is 5.97 Å². The van der Waals surface area contributed by atoms with E-state index in [-0.39, 0.29) is 10.8 Å². The Labute approximate surface area is 133 Å². The normalized spacial score (nSPS) is 10.3. The van der Waals surface area contributed by atoms with Crippen molar-refractivity contribution in [3.05, 3.63) is 58.9 Å². The molecular weight excluding hydrogens is 307 g/mol. The lowest BCUT2D eigenvalue weighted by molar-refractivity contribution is 0.0497. The van der Waals surface area contributed by atoms with Crippen molar-refractivity contribution in [3.63, 3.8) is 0 Å². The summed E-state index contributed by atoms with van der Waals surface area (Å²) in [4.78, 5) is 12.1. The molecule has 2 aromatic carbocycles. The fourth-order valence-corrected chi connectivity index (χ4v) is 1.99. The molecule has 0 amide bonds. The van der Waals surface area contributed by atoms with Crippen molar-refractivity contribution in [3.8, 4) is 11.5 Å². The molecule has 2 aromatic rings. The lowest BCUT2D eigenvalue weighted by Crippen LogP contribution is -2.07. The third-order valence-corrected chi connectivity index (χ3v) is 3.25. The molecule has 0 radical (unpaired) electrons. The largest absolute Gasteiger partial charge is 0.462 e. The average Bonchev–Trinajstić information content (AvgIpc) is 2.51. The summed E-state index contributed by atoms with van der Waals surface area (Å²) in [6.07, 6.45) is 1.75. The summed E-state index contributed by atoms with van der Waals surface area (Å²) in [5.41, 5.74) is 0.305. The molecule has 0 bridgehead atoms. The second kappa shape index (κ2) is 7.80. The molecular formula is C17H16ClFO3. The zero-order chi connectivity index (χ0) is 15.9. The Bertz CT molecular complexity index is 658. The topological polar surface area (TPSA) is 35.5 Å². The standard InChI is InChI=1S/C17H16ClFO3/c1-2-3-10-21-17(20)13-6-4-5-7-15(13)22-16-9-8-12(19)11-14(16)18/h4-9,11H,2-3,10H2,1H3.